The predicted molar refractivity (Wildman–Crippen MR) is 129 cm³/mol. The van der Waals surface area contributed by atoms with Crippen LogP contribution < -0.4 is 19.6 Å². The lowest BCUT2D eigenvalue weighted by atomic mass is 10.1. The number of hydrogen-bond donors (Lipinski definition) is 1. The standard InChI is InChI=1S/C25H22BrN3O4/c1-3-32-24-12-17(8-10-23(24)33-16-19-7-5-4-6-18(19)14-27)15-28-29-25(30)21-13-20(26)9-11-22(21)31-2/h4-13,15H,3,16H2,1-2H3,(H,29,30)/b28-15-. The van der Waals surface area contributed by atoms with Crippen LogP contribution in [0.1, 0.15) is 34.0 Å². The highest BCUT2D eigenvalue weighted by Gasteiger charge is 2.12. The molecule has 0 spiro atoms. The van der Waals surface area contributed by atoms with Gasteiger partial charge in [-0.1, -0.05) is 34.1 Å². The van der Waals surface area contributed by atoms with Crippen molar-refractivity contribution in [2.75, 3.05) is 13.7 Å². The molecular formula is C25H22BrN3O4. The molecule has 168 valence electrons. The van der Waals surface area contributed by atoms with Crippen LogP contribution in [0.15, 0.2) is 70.2 Å². The highest BCUT2D eigenvalue weighted by atomic mass is 79.9. The lowest BCUT2D eigenvalue weighted by Crippen LogP contribution is -2.18. The maximum absolute atomic E-state index is 12.5. The van der Waals surface area contributed by atoms with E-state index in [2.05, 4.69) is 32.5 Å². The van der Waals surface area contributed by atoms with Gasteiger partial charge in [-0.2, -0.15) is 10.4 Å². The Morgan fingerprint density at radius 2 is 1.88 bits per heavy atom. The number of halogens is 1. The fourth-order valence-corrected chi connectivity index (χ4v) is 3.35. The number of hydrazone groups is 1. The number of rotatable bonds is 9. The van der Waals surface area contributed by atoms with Gasteiger partial charge in [0.1, 0.15) is 12.4 Å². The van der Waals surface area contributed by atoms with Crippen LogP contribution in [0.3, 0.4) is 0 Å². The summed E-state index contributed by atoms with van der Waals surface area (Å²) in [5.74, 6) is 1.13. The molecular weight excluding hydrogens is 486 g/mol. The van der Waals surface area contributed by atoms with Crippen LogP contribution in [-0.2, 0) is 6.61 Å². The molecule has 0 bridgehead atoms. The van der Waals surface area contributed by atoms with Crippen molar-refractivity contribution in [1.82, 2.24) is 5.43 Å². The number of carbonyl (C=O) groups excluding carboxylic acids is 1. The lowest BCUT2D eigenvalue weighted by Gasteiger charge is -2.13. The molecule has 0 aromatic heterocycles. The van der Waals surface area contributed by atoms with Crippen LogP contribution in [0.5, 0.6) is 17.2 Å². The minimum atomic E-state index is -0.398. The van der Waals surface area contributed by atoms with Gasteiger partial charge >= 0.3 is 0 Å². The molecule has 1 N–H and O–H groups in total. The van der Waals surface area contributed by atoms with Gasteiger partial charge in [-0.15, -0.1) is 0 Å². The number of ether oxygens (including phenoxy) is 3. The lowest BCUT2D eigenvalue weighted by molar-refractivity contribution is 0.0952. The Balaban J connectivity index is 1.71. The van der Waals surface area contributed by atoms with Gasteiger partial charge in [0.2, 0.25) is 0 Å². The second kappa shape index (κ2) is 11.7. The molecule has 33 heavy (non-hydrogen) atoms. The van der Waals surface area contributed by atoms with Crippen LogP contribution >= 0.6 is 15.9 Å². The molecule has 0 radical (unpaired) electrons. The van der Waals surface area contributed by atoms with Gasteiger partial charge in [0.05, 0.1) is 37.1 Å². The maximum atomic E-state index is 12.5. The summed E-state index contributed by atoms with van der Waals surface area (Å²) in [4.78, 5) is 12.5. The summed E-state index contributed by atoms with van der Waals surface area (Å²) in [6, 6.07) is 19.9. The zero-order valence-electron chi connectivity index (χ0n) is 18.2. The molecule has 0 saturated carbocycles. The number of nitriles is 1. The van der Waals surface area contributed by atoms with Crippen molar-refractivity contribution < 1.29 is 19.0 Å². The largest absolute Gasteiger partial charge is 0.496 e. The Morgan fingerprint density at radius 1 is 1.09 bits per heavy atom. The smallest absolute Gasteiger partial charge is 0.275 e. The third kappa shape index (κ3) is 6.34. The van der Waals surface area contributed by atoms with Crippen LogP contribution in [-0.4, -0.2) is 25.8 Å². The molecule has 0 saturated heterocycles. The number of nitrogens with one attached hydrogen (secondary N) is 1. The third-order valence-electron chi connectivity index (χ3n) is 4.57. The van der Waals surface area contributed by atoms with E-state index in [1.807, 2.05) is 25.1 Å². The summed E-state index contributed by atoms with van der Waals surface area (Å²) >= 11 is 3.35. The zero-order chi connectivity index (χ0) is 23.6. The van der Waals surface area contributed by atoms with E-state index < -0.39 is 5.91 Å². The van der Waals surface area contributed by atoms with E-state index in [4.69, 9.17) is 14.2 Å². The van der Waals surface area contributed by atoms with Gasteiger partial charge in [-0.05, 0) is 55.0 Å². The maximum Gasteiger partial charge on any atom is 0.275 e. The fourth-order valence-electron chi connectivity index (χ4n) is 2.99. The first kappa shape index (κ1) is 23.8. The van der Waals surface area contributed by atoms with Crippen molar-refractivity contribution in [3.05, 3.63) is 87.4 Å². The van der Waals surface area contributed by atoms with Crippen LogP contribution in [0.4, 0.5) is 0 Å². The second-order valence-corrected chi connectivity index (χ2v) is 7.66. The Morgan fingerprint density at radius 3 is 2.64 bits per heavy atom. The van der Waals surface area contributed by atoms with Gasteiger partial charge in [-0.25, -0.2) is 5.43 Å². The van der Waals surface area contributed by atoms with Gasteiger partial charge < -0.3 is 14.2 Å². The molecule has 8 heteroatoms. The molecule has 0 aliphatic carbocycles. The van der Waals surface area contributed by atoms with Crippen LogP contribution in [0, 0.1) is 11.3 Å². The Kier molecular flexibility index (Phi) is 8.44. The quantitative estimate of drug-likeness (QED) is 0.322. The zero-order valence-corrected chi connectivity index (χ0v) is 19.8. The van der Waals surface area contributed by atoms with E-state index in [0.717, 1.165) is 10.0 Å². The van der Waals surface area contributed by atoms with Gasteiger partial charge in [0.15, 0.2) is 11.5 Å². The molecule has 0 heterocycles. The van der Waals surface area contributed by atoms with Crippen molar-refractivity contribution in [2.24, 2.45) is 5.10 Å². The summed E-state index contributed by atoms with van der Waals surface area (Å²) in [6.07, 6.45) is 1.51. The summed E-state index contributed by atoms with van der Waals surface area (Å²) in [5.41, 5.74) is 4.93. The van der Waals surface area contributed by atoms with Crippen molar-refractivity contribution in [1.29, 1.82) is 5.26 Å². The molecule has 3 aromatic carbocycles. The molecule has 1 amide bonds. The van der Waals surface area contributed by atoms with Crippen molar-refractivity contribution in [2.45, 2.75) is 13.5 Å². The minimum Gasteiger partial charge on any atom is -0.496 e. The molecule has 0 atom stereocenters. The van der Waals surface area contributed by atoms with Crippen LogP contribution in [0.25, 0.3) is 0 Å². The number of carbonyl (C=O) groups is 1. The molecule has 7 nitrogen and oxygen atoms in total. The topological polar surface area (TPSA) is 92.9 Å². The Labute approximate surface area is 200 Å². The predicted octanol–water partition coefficient (Wildman–Crippen LogP) is 5.07. The summed E-state index contributed by atoms with van der Waals surface area (Å²) in [7, 11) is 1.50. The van der Waals surface area contributed by atoms with Gasteiger partial charge in [0.25, 0.3) is 5.91 Å². The number of benzene rings is 3. The average molecular weight is 508 g/mol. The Hall–Kier alpha value is -3.83. The van der Waals surface area contributed by atoms with E-state index in [0.29, 0.717) is 40.5 Å². The molecule has 3 aromatic rings. The van der Waals surface area contributed by atoms with E-state index >= 15 is 0 Å². The first-order valence-electron chi connectivity index (χ1n) is 10.1. The van der Waals surface area contributed by atoms with E-state index in [-0.39, 0.29) is 6.61 Å². The number of hydrogen-bond acceptors (Lipinski definition) is 6. The summed E-state index contributed by atoms with van der Waals surface area (Å²) in [6.45, 7) is 2.56. The highest BCUT2D eigenvalue weighted by Crippen LogP contribution is 2.29. The number of nitrogens with zero attached hydrogens (tertiary/aromatic N) is 2. The Bertz CT molecular complexity index is 1200. The van der Waals surface area contributed by atoms with E-state index in [9.17, 15) is 10.1 Å². The first-order valence-corrected chi connectivity index (χ1v) is 10.9. The SMILES string of the molecule is CCOc1cc(/C=N\NC(=O)c2cc(Br)ccc2OC)ccc1OCc1ccccc1C#N. The highest BCUT2D eigenvalue weighted by molar-refractivity contribution is 9.10. The summed E-state index contributed by atoms with van der Waals surface area (Å²) in [5, 5.41) is 13.3. The molecule has 0 aliphatic heterocycles. The minimum absolute atomic E-state index is 0.238. The second-order valence-electron chi connectivity index (χ2n) is 6.74. The molecule has 0 unspecified atom stereocenters. The number of methoxy groups -OCH3 is 1. The fraction of sp³-hybridized carbons (Fsp3) is 0.160. The van der Waals surface area contributed by atoms with Gasteiger partial charge in [-0.3, -0.25) is 4.79 Å². The van der Waals surface area contributed by atoms with E-state index in [1.54, 1.807) is 42.5 Å². The number of amides is 1. The van der Waals surface area contributed by atoms with E-state index in [1.165, 1.54) is 13.3 Å². The molecule has 0 aliphatic rings. The monoisotopic (exact) mass is 507 g/mol. The first-order chi connectivity index (χ1) is 16.0. The summed E-state index contributed by atoms with van der Waals surface area (Å²) < 4.78 is 17.6. The van der Waals surface area contributed by atoms with Crippen molar-refractivity contribution in [3.63, 3.8) is 0 Å². The van der Waals surface area contributed by atoms with Crippen molar-refractivity contribution >= 4 is 28.1 Å². The average Bonchev–Trinajstić information content (AvgIpc) is 2.83. The van der Waals surface area contributed by atoms with Gasteiger partial charge in [0, 0.05) is 10.0 Å². The van der Waals surface area contributed by atoms with Crippen molar-refractivity contribution in [3.8, 4) is 23.3 Å². The normalized spacial score (nSPS) is 10.5. The van der Waals surface area contributed by atoms with Crippen LogP contribution in [0.2, 0.25) is 0 Å². The molecule has 0 fully saturated rings. The molecule has 3 rings (SSSR count). The third-order valence-corrected chi connectivity index (χ3v) is 5.07.